The van der Waals surface area contributed by atoms with E-state index in [1.807, 2.05) is 0 Å². The fraction of sp³-hybridized carbons (Fsp3) is 0.727. The minimum Gasteiger partial charge on any atom is -0.467 e. The average molecular weight is 237 g/mol. The summed E-state index contributed by atoms with van der Waals surface area (Å²) in [6.45, 7) is 0.904. The number of hydrogen-bond acceptors (Lipinski definition) is 6. The van der Waals surface area contributed by atoms with Gasteiger partial charge in [-0.3, -0.25) is 0 Å². The highest BCUT2D eigenvalue weighted by Gasteiger charge is 2.16. The van der Waals surface area contributed by atoms with Crippen LogP contribution < -0.4 is 15.4 Å². The number of ether oxygens (including phenoxy) is 1. The van der Waals surface area contributed by atoms with Gasteiger partial charge in [0.05, 0.1) is 7.11 Å². The highest BCUT2D eigenvalue weighted by Crippen LogP contribution is 2.29. The summed E-state index contributed by atoms with van der Waals surface area (Å²) in [7, 11) is 3.32. The van der Waals surface area contributed by atoms with Crippen molar-refractivity contribution in [3.05, 3.63) is 0 Å². The molecule has 1 aromatic heterocycles. The average Bonchev–Trinajstić information content (AvgIpc) is 2.31. The van der Waals surface area contributed by atoms with Crippen LogP contribution >= 0.6 is 0 Å². The Morgan fingerprint density at radius 3 is 2.59 bits per heavy atom. The summed E-state index contributed by atoms with van der Waals surface area (Å²) in [5.74, 6) is 1.97. The maximum atomic E-state index is 5.01. The highest BCUT2D eigenvalue weighted by molar-refractivity contribution is 5.35. The predicted molar refractivity (Wildman–Crippen MR) is 66.4 cm³/mol. The molecule has 1 heterocycles. The van der Waals surface area contributed by atoms with Crippen LogP contribution in [0, 0.1) is 5.92 Å². The number of hydrogen-bond donors (Lipinski definition) is 2. The van der Waals surface area contributed by atoms with Crippen molar-refractivity contribution in [1.29, 1.82) is 0 Å². The first kappa shape index (κ1) is 11.9. The lowest BCUT2D eigenvalue weighted by atomic mass is 9.83. The molecule has 1 aliphatic rings. The van der Waals surface area contributed by atoms with Gasteiger partial charge in [-0.15, -0.1) is 0 Å². The van der Waals surface area contributed by atoms with Crippen LogP contribution in [0.15, 0.2) is 0 Å². The number of nitrogens with one attached hydrogen (secondary N) is 2. The molecule has 2 rings (SSSR count). The van der Waals surface area contributed by atoms with Crippen LogP contribution in [0.2, 0.25) is 0 Å². The third-order valence-corrected chi connectivity index (χ3v) is 3.08. The molecular formula is C11H19N5O. The van der Waals surface area contributed by atoms with Gasteiger partial charge >= 0.3 is 6.01 Å². The zero-order valence-electron chi connectivity index (χ0n) is 10.4. The molecule has 1 saturated carbocycles. The van der Waals surface area contributed by atoms with E-state index in [-0.39, 0.29) is 0 Å². The molecule has 0 unspecified atom stereocenters. The summed E-state index contributed by atoms with van der Waals surface area (Å²) in [4.78, 5) is 12.4. The van der Waals surface area contributed by atoms with Gasteiger partial charge in [-0.05, 0) is 12.3 Å². The van der Waals surface area contributed by atoms with Gasteiger partial charge < -0.3 is 15.4 Å². The van der Waals surface area contributed by atoms with E-state index in [0.717, 1.165) is 12.5 Å². The van der Waals surface area contributed by atoms with Crippen LogP contribution in [0.3, 0.4) is 0 Å². The Morgan fingerprint density at radius 1 is 1.24 bits per heavy atom. The van der Waals surface area contributed by atoms with Crippen molar-refractivity contribution in [3.63, 3.8) is 0 Å². The molecule has 94 valence electrons. The van der Waals surface area contributed by atoms with E-state index >= 15 is 0 Å². The van der Waals surface area contributed by atoms with E-state index in [9.17, 15) is 0 Å². The number of anilines is 2. The number of methoxy groups -OCH3 is 1. The van der Waals surface area contributed by atoms with Gasteiger partial charge in [0.15, 0.2) is 0 Å². The predicted octanol–water partition coefficient (Wildman–Crippen LogP) is 1.52. The van der Waals surface area contributed by atoms with E-state index < -0.39 is 0 Å². The molecular weight excluding hydrogens is 218 g/mol. The molecule has 0 amide bonds. The molecule has 0 aromatic carbocycles. The Morgan fingerprint density at radius 2 is 2.00 bits per heavy atom. The quantitative estimate of drug-likeness (QED) is 0.781. The van der Waals surface area contributed by atoms with Crippen molar-refractivity contribution in [2.75, 3.05) is 31.3 Å². The Balaban J connectivity index is 1.89. The number of nitrogens with zero attached hydrogens (tertiary/aromatic N) is 3. The van der Waals surface area contributed by atoms with Gasteiger partial charge in [0.2, 0.25) is 11.9 Å². The monoisotopic (exact) mass is 237 g/mol. The Labute approximate surface area is 101 Å². The van der Waals surface area contributed by atoms with Crippen LogP contribution in [0.5, 0.6) is 6.01 Å². The van der Waals surface area contributed by atoms with Crippen molar-refractivity contribution in [3.8, 4) is 6.01 Å². The highest BCUT2D eigenvalue weighted by atomic mass is 16.5. The van der Waals surface area contributed by atoms with Crippen molar-refractivity contribution in [2.24, 2.45) is 5.92 Å². The lowest BCUT2D eigenvalue weighted by Crippen LogP contribution is -2.17. The van der Waals surface area contributed by atoms with Gasteiger partial charge in [0.25, 0.3) is 0 Å². The van der Waals surface area contributed by atoms with E-state index in [1.165, 1.54) is 25.7 Å². The van der Waals surface area contributed by atoms with E-state index in [1.54, 1.807) is 14.2 Å². The lowest BCUT2D eigenvalue weighted by molar-refractivity contribution is 0.302. The van der Waals surface area contributed by atoms with Crippen LogP contribution in [0.1, 0.15) is 25.7 Å². The Hall–Kier alpha value is -1.59. The molecule has 1 aromatic rings. The van der Waals surface area contributed by atoms with Crippen molar-refractivity contribution in [2.45, 2.75) is 25.7 Å². The van der Waals surface area contributed by atoms with Crippen molar-refractivity contribution in [1.82, 2.24) is 15.0 Å². The molecule has 1 aliphatic carbocycles. The molecule has 0 saturated heterocycles. The zero-order chi connectivity index (χ0) is 12.1. The molecule has 1 fully saturated rings. The third-order valence-electron chi connectivity index (χ3n) is 3.08. The fourth-order valence-electron chi connectivity index (χ4n) is 1.81. The molecule has 6 heteroatoms. The van der Waals surface area contributed by atoms with Gasteiger partial charge in [-0.1, -0.05) is 19.3 Å². The SMILES string of the molecule is CNc1nc(NCCC2CCC2)nc(OC)n1. The molecule has 0 aliphatic heterocycles. The first-order valence-electron chi connectivity index (χ1n) is 6.03. The topological polar surface area (TPSA) is 72.0 Å². The summed E-state index contributed by atoms with van der Waals surface area (Å²) in [5.41, 5.74) is 0. The van der Waals surface area contributed by atoms with Crippen LogP contribution in [-0.2, 0) is 0 Å². The molecule has 6 nitrogen and oxygen atoms in total. The molecule has 0 spiro atoms. The Kier molecular flexibility index (Phi) is 3.95. The second-order valence-corrected chi connectivity index (χ2v) is 4.23. The minimum absolute atomic E-state index is 0.329. The minimum atomic E-state index is 0.329. The first-order valence-corrected chi connectivity index (χ1v) is 6.03. The summed E-state index contributed by atoms with van der Waals surface area (Å²) in [6.07, 6.45) is 5.30. The summed E-state index contributed by atoms with van der Waals surface area (Å²) >= 11 is 0. The summed E-state index contributed by atoms with van der Waals surface area (Å²) < 4.78 is 5.01. The number of aromatic nitrogens is 3. The first-order chi connectivity index (χ1) is 8.31. The van der Waals surface area contributed by atoms with Gasteiger partial charge in [-0.2, -0.15) is 15.0 Å². The smallest absolute Gasteiger partial charge is 0.322 e. The second-order valence-electron chi connectivity index (χ2n) is 4.23. The fourth-order valence-corrected chi connectivity index (χ4v) is 1.81. The van der Waals surface area contributed by atoms with E-state index in [2.05, 4.69) is 25.6 Å². The Bertz CT molecular complexity index is 345. The zero-order valence-corrected chi connectivity index (χ0v) is 10.4. The lowest BCUT2D eigenvalue weighted by Gasteiger charge is -2.25. The molecule has 2 N–H and O–H groups in total. The summed E-state index contributed by atoms with van der Waals surface area (Å²) in [5, 5.41) is 6.09. The van der Waals surface area contributed by atoms with Crippen LogP contribution in [0.4, 0.5) is 11.9 Å². The largest absolute Gasteiger partial charge is 0.467 e. The van der Waals surface area contributed by atoms with Crippen molar-refractivity contribution >= 4 is 11.9 Å². The number of rotatable bonds is 6. The van der Waals surface area contributed by atoms with Crippen LogP contribution in [0.25, 0.3) is 0 Å². The second kappa shape index (κ2) is 5.65. The summed E-state index contributed by atoms with van der Waals surface area (Å²) in [6, 6.07) is 0.329. The van der Waals surface area contributed by atoms with Crippen molar-refractivity contribution < 1.29 is 4.74 Å². The molecule has 0 radical (unpaired) electrons. The normalized spacial score (nSPS) is 15.2. The van der Waals surface area contributed by atoms with E-state index in [4.69, 9.17) is 4.74 Å². The molecule has 0 atom stereocenters. The van der Waals surface area contributed by atoms with Gasteiger partial charge in [0, 0.05) is 13.6 Å². The third kappa shape index (κ3) is 3.18. The standard InChI is InChI=1S/C11H19N5O/c1-12-9-14-10(16-11(15-9)17-2)13-7-6-8-4-3-5-8/h8H,3-7H2,1-2H3,(H2,12,13,14,15,16). The molecule has 17 heavy (non-hydrogen) atoms. The maximum absolute atomic E-state index is 5.01. The maximum Gasteiger partial charge on any atom is 0.322 e. The van der Waals surface area contributed by atoms with Gasteiger partial charge in [0.1, 0.15) is 0 Å². The van der Waals surface area contributed by atoms with Gasteiger partial charge in [-0.25, -0.2) is 0 Å². The van der Waals surface area contributed by atoms with E-state index in [0.29, 0.717) is 17.9 Å². The van der Waals surface area contributed by atoms with Crippen LogP contribution in [-0.4, -0.2) is 35.7 Å². The molecule has 0 bridgehead atoms.